The first kappa shape index (κ1) is 19.8. The Labute approximate surface area is 148 Å². The van der Waals surface area contributed by atoms with Crippen molar-refractivity contribution in [3.05, 3.63) is 41.5 Å². The van der Waals surface area contributed by atoms with Gasteiger partial charge in [-0.25, -0.2) is 12.8 Å². The maximum absolute atomic E-state index is 14.2. The SMILES string of the molecule is COc1cc(OC)nc(Cc2cccc(F)c2N(C)S(=O)(=O)C(F)F)n1. The van der Waals surface area contributed by atoms with Crippen LogP contribution in [0.2, 0.25) is 0 Å². The topological polar surface area (TPSA) is 81.6 Å². The van der Waals surface area contributed by atoms with Crippen LogP contribution in [0.15, 0.2) is 24.3 Å². The number of methoxy groups -OCH3 is 2. The summed E-state index contributed by atoms with van der Waals surface area (Å²) in [6.45, 7) is 0. The zero-order valence-corrected chi connectivity index (χ0v) is 14.9. The number of alkyl halides is 2. The molecule has 1 aromatic carbocycles. The summed E-state index contributed by atoms with van der Waals surface area (Å²) in [4.78, 5) is 8.14. The molecule has 0 amide bonds. The van der Waals surface area contributed by atoms with E-state index in [0.29, 0.717) is 0 Å². The van der Waals surface area contributed by atoms with Gasteiger partial charge in [0.25, 0.3) is 10.0 Å². The van der Waals surface area contributed by atoms with E-state index in [0.717, 1.165) is 13.1 Å². The number of benzene rings is 1. The van der Waals surface area contributed by atoms with Gasteiger partial charge in [0.2, 0.25) is 11.8 Å². The van der Waals surface area contributed by atoms with Gasteiger partial charge in [0.1, 0.15) is 11.6 Å². The molecule has 0 spiro atoms. The normalized spacial score (nSPS) is 11.5. The fourth-order valence-corrected chi connectivity index (χ4v) is 2.91. The number of sulfonamides is 1. The molecular formula is C15H16F3N3O4S. The van der Waals surface area contributed by atoms with Gasteiger partial charge in [-0.05, 0) is 11.6 Å². The average molecular weight is 391 g/mol. The molecule has 2 aromatic rings. The highest BCUT2D eigenvalue weighted by Crippen LogP contribution is 2.29. The number of anilines is 1. The molecule has 1 aromatic heterocycles. The van der Waals surface area contributed by atoms with E-state index in [2.05, 4.69) is 9.97 Å². The standard InChI is InChI=1S/C15H16F3N3O4S/c1-21(26(22,23)15(17)18)14-9(5-4-6-10(14)16)7-11-19-12(24-2)8-13(20-11)25-3/h4-6,8,15H,7H2,1-3H3. The first-order valence-corrected chi connectivity index (χ1v) is 8.70. The summed E-state index contributed by atoms with van der Waals surface area (Å²) in [5.41, 5.74) is -0.398. The van der Waals surface area contributed by atoms with E-state index in [-0.39, 0.29) is 33.9 Å². The van der Waals surface area contributed by atoms with E-state index in [1.165, 1.54) is 32.4 Å². The largest absolute Gasteiger partial charge is 0.481 e. The van der Waals surface area contributed by atoms with E-state index >= 15 is 0 Å². The van der Waals surface area contributed by atoms with Gasteiger partial charge < -0.3 is 9.47 Å². The molecule has 0 aliphatic carbocycles. The van der Waals surface area contributed by atoms with Crippen molar-refractivity contribution in [2.45, 2.75) is 12.2 Å². The van der Waals surface area contributed by atoms with Gasteiger partial charge in [0, 0.05) is 13.5 Å². The lowest BCUT2D eigenvalue weighted by atomic mass is 10.1. The summed E-state index contributed by atoms with van der Waals surface area (Å²) in [6, 6.07) is 5.12. The number of hydrogen-bond acceptors (Lipinski definition) is 6. The molecule has 1 heterocycles. The molecule has 0 radical (unpaired) electrons. The monoisotopic (exact) mass is 391 g/mol. The number of aromatic nitrogens is 2. The summed E-state index contributed by atoms with van der Waals surface area (Å²) in [5, 5.41) is 0. The number of rotatable bonds is 7. The van der Waals surface area contributed by atoms with Crippen LogP contribution in [0.4, 0.5) is 18.9 Å². The molecule has 0 N–H and O–H groups in total. The van der Waals surface area contributed by atoms with Gasteiger partial charge >= 0.3 is 5.76 Å². The van der Waals surface area contributed by atoms with Crippen LogP contribution in [0, 0.1) is 5.82 Å². The third-order valence-corrected chi connectivity index (χ3v) is 4.88. The van der Waals surface area contributed by atoms with Crippen LogP contribution in [0.1, 0.15) is 11.4 Å². The lowest BCUT2D eigenvalue weighted by Gasteiger charge is -2.22. The molecule has 0 saturated heterocycles. The molecule has 7 nitrogen and oxygen atoms in total. The Morgan fingerprint density at radius 1 is 1.15 bits per heavy atom. The molecule has 0 bridgehead atoms. The smallest absolute Gasteiger partial charge is 0.355 e. The van der Waals surface area contributed by atoms with Crippen LogP contribution in [-0.4, -0.2) is 45.4 Å². The molecule has 0 atom stereocenters. The van der Waals surface area contributed by atoms with Crippen molar-refractivity contribution in [3.63, 3.8) is 0 Å². The van der Waals surface area contributed by atoms with Crippen molar-refractivity contribution in [2.24, 2.45) is 0 Å². The third kappa shape index (κ3) is 3.98. The lowest BCUT2D eigenvalue weighted by Crippen LogP contribution is -2.33. The molecule has 0 unspecified atom stereocenters. The third-order valence-electron chi connectivity index (χ3n) is 3.48. The molecule has 11 heteroatoms. The second-order valence-corrected chi connectivity index (χ2v) is 7.00. The fourth-order valence-electron chi connectivity index (χ4n) is 2.21. The van der Waals surface area contributed by atoms with Crippen LogP contribution in [0.25, 0.3) is 0 Å². The highest BCUT2D eigenvalue weighted by atomic mass is 32.2. The molecule has 0 aliphatic rings. The van der Waals surface area contributed by atoms with E-state index in [9.17, 15) is 21.6 Å². The van der Waals surface area contributed by atoms with E-state index < -0.39 is 27.3 Å². The zero-order valence-electron chi connectivity index (χ0n) is 14.1. The quantitative estimate of drug-likeness (QED) is 0.720. The Hall–Kier alpha value is -2.56. The molecular weight excluding hydrogens is 375 g/mol. The van der Waals surface area contributed by atoms with Crippen molar-refractivity contribution in [1.29, 1.82) is 0 Å². The predicted octanol–water partition coefficient (Wildman–Crippen LogP) is 2.21. The van der Waals surface area contributed by atoms with Crippen molar-refractivity contribution in [2.75, 3.05) is 25.6 Å². The molecule has 0 aliphatic heterocycles. The summed E-state index contributed by atoms with van der Waals surface area (Å²) < 4.78 is 73.6. The molecule has 0 saturated carbocycles. The van der Waals surface area contributed by atoms with Gasteiger partial charge in [-0.2, -0.15) is 18.7 Å². The lowest BCUT2D eigenvalue weighted by molar-refractivity contribution is 0.234. The van der Waals surface area contributed by atoms with E-state index in [1.54, 1.807) is 0 Å². The number of ether oxygens (including phenoxy) is 2. The number of hydrogen-bond donors (Lipinski definition) is 0. The van der Waals surface area contributed by atoms with Gasteiger partial charge in [-0.15, -0.1) is 0 Å². The van der Waals surface area contributed by atoms with Gasteiger partial charge in [0.15, 0.2) is 0 Å². The minimum Gasteiger partial charge on any atom is -0.481 e. The number of halogens is 3. The maximum Gasteiger partial charge on any atom is 0.355 e. The summed E-state index contributed by atoms with van der Waals surface area (Å²) in [6.07, 6.45) is -0.135. The van der Waals surface area contributed by atoms with E-state index in [1.807, 2.05) is 0 Å². The Morgan fingerprint density at radius 2 is 1.73 bits per heavy atom. The van der Waals surface area contributed by atoms with Crippen molar-refractivity contribution >= 4 is 15.7 Å². The van der Waals surface area contributed by atoms with Crippen molar-refractivity contribution < 1.29 is 31.1 Å². The van der Waals surface area contributed by atoms with Crippen LogP contribution < -0.4 is 13.8 Å². The first-order valence-electron chi connectivity index (χ1n) is 7.20. The van der Waals surface area contributed by atoms with Gasteiger partial charge in [-0.3, -0.25) is 4.31 Å². The van der Waals surface area contributed by atoms with Gasteiger partial charge in [0.05, 0.1) is 26.0 Å². The minimum absolute atomic E-state index is 0.104. The number of para-hydroxylation sites is 1. The first-order chi connectivity index (χ1) is 12.2. The Kier molecular flexibility index (Phi) is 5.90. The minimum atomic E-state index is -5.02. The molecule has 142 valence electrons. The maximum atomic E-state index is 14.2. The molecule has 2 rings (SSSR count). The van der Waals surface area contributed by atoms with Gasteiger partial charge in [-0.1, -0.05) is 12.1 Å². The van der Waals surface area contributed by atoms with Crippen LogP contribution in [0.5, 0.6) is 11.8 Å². The highest BCUT2D eigenvalue weighted by Gasteiger charge is 2.32. The summed E-state index contributed by atoms with van der Waals surface area (Å²) in [7, 11) is -1.41. The molecule has 0 fully saturated rings. The van der Waals surface area contributed by atoms with Crippen molar-refractivity contribution in [3.8, 4) is 11.8 Å². The Morgan fingerprint density at radius 3 is 2.23 bits per heavy atom. The molecule has 26 heavy (non-hydrogen) atoms. The Balaban J connectivity index is 2.51. The van der Waals surface area contributed by atoms with E-state index in [4.69, 9.17) is 9.47 Å². The van der Waals surface area contributed by atoms with Crippen LogP contribution in [-0.2, 0) is 16.4 Å². The summed E-state index contributed by atoms with van der Waals surface area (Å²) >= 11 is 0. The fraction of sp³-hybridized carbons (Fsp3) is 0.333. The highest BCUT2D eigenvalue weighted by molar-refractivity contribution is 7.93. The predicted molar refractivity (Wildman–Crippen MR) is 87.7 cm³/mol. The van der Waals surface area contributed by atoms with Crippen LogP contribution in [0.3, 0.4) is 0 Å². The Bertz CT molecular complexity index is 871. The van der Waals surface area contributed by atoms with Crippen molar-refractivity contribution in [1.82, 2.24) is 9.97 Å². The zero-order chi connectivity index (χ0) is 19.5. The second kappa shape index (κ2) is 7.77. The summed E-state index contributed by atoms with van der Waals surface area (Å²) in [5.74, 6) is -4.16. The van der Waals surface area contributed by atoms with Crippen LogP contribution >= 0.6 is 0 Å². The second-order valence-electron chi connectivity index (χ2n) is 5.07. The average Bonchev–Trinajstić information content (AvgIpc) is 2.60. The number of nitrogens with zero attached hydrogens (tertiary/aromatic N) is 3.